The summed E-state index contributed by atoms with van der Waals surface area (Å²) in [5.74, 6) is 1.98. The van der Waals surface area contributed by atoms with E-state index in [2.05, 4.69) is 31.8 Å². The molecule has 1 aliphatic carbocycles. The van der Waals surface area contributed by atoms with Gasteiger partial charge in [-0.25, -0.2) is 0 Å². The first kappa shape index (κ1) is 15.0. The van der Waals surface area contributed by atoms with Crippen molar-refractivity contribution in [2.45, 2.75) is 51.8 Å². The summed E-state index contributed by atoms with van der Waals surface area (Å²) in [5.41, 5.74) is 1.11. The smallest absolute Gasteiger partial charge is 0.152 e. The van der Waals surface area contributed by atoms with Gasteiger partial charge in [-0.3, -0.25) is 0 Å². The van der Waals surface area contributed by atoms with Crippen LogP contribution < -0.4 is 4.90 Å². The molecule has 3 rings (SSSR count). The highest BCUT2D eigenvalue weighted by atomic mass is 16.3. The van der Waals surface area contributed by atoms with Crippen molar-refractivity contribution in [3.63, 3.8) is 0 Å². The van der Waals surface area contributed by atoms with Crippen LogP contribution in [0.2, 0.25) is 0 Å². The maximum Gasteiger partial charge on any atom is 0.152 e. The van der Waals surface area contributed by atoms with Gasteiger partial charge in [-0.1, -0.05) is 25.1 Å². The van der Waals surface area contributed by atoms with E-state index < -0.39 is 0 Å². The number of aromatic nitrogens is 3. The molecule has 0 aliphatic heterocycles. The SMILES string of the molecule is CCC(O)CN(Cc1nnc(C)n1C1CC1)c1ccccc1. The standard InChI is InChI=1S/C17H24N4O/c1-3-16(22)11-20(14-7-5-4-6-8-14)12-17-19-18-13(2)21(17)15-9-10-15/h4-8,15-16,22H,3,9-12H2,1-2H3. The Morgan fingerprint density at radius 3 is 2.64 bits per heavy atom. The van der Waals surface area contributed by atoms with Crippen molar-refractivity contribution in [1.82, 2.24) is 14.8 Å². The molecule has 0 radical (unpaired) electrons. The fourth-order valence-corrected chi connectivity index (χ4v) is 2.78. The van der Waals surface area contributed by atoms with Crippen LogP contribution in [0, 0.1) is 6.92 Å². The predicted octanol–water partition coefficient (Wildman–Crippen LogP) is 2.70. The van der Waals surface area contributed by atoms with E-state index in [1.165, 1.54) is 12.8 Å². The van der Waals surface area contributed by atoms with Gasteiger partial charge in [-0.05, 0) is 38.3 Å². The van der Waals surface area contributed by atoms with Crippen LogP contribution in [-0.2, 0) is 6.54 Å². The van der Waals surface area contributed by atoms with Crippen molar-refractivity contribution in [1.29, 1.82) is 0 Å². The summed E-state index contributed by atoms with van der Waals surface area (Å²) in [6.07, 6.45) is 2.85. The molecule has 0 amide bonds. The molecule has 1 aliphatic rings. The zero-order valence-electron chi connectivity index (χ0n) is 13.3. The topological polar surface area (TPSA) is 54.2 Å². The van der Waals surface area contributed by atoms with Crippen LogP contribution in [0.3, 0.4) is 0 Å². The van der Waals surface area contributed by atoms with Gasteiger partial charge in [0.1, 0.15) is 5.82 Å². The predicted molar refractivity (Wildman–Crippen MR) is 86.8 cm³/mol. The number of aryl methyl sites for hydroxylation is 1. The summed E-state index contributed by atoms with van der Waals surface area (Å²) in [5, 5.41) is 18.7. The number of para-hydroxylation sites is 1. The number of hydrogen-bond acceptors (Lipinski definition) is 4. The molecule has 0 spiro atoms. The van der Waals surface area contributed by atoms with Gasteiger partial charge in [0.15, 0.2) is 5.82 Å². The Hall–Kier alpha value is -1.88. The molecule has 0 saturated heterocycles. The molecule has 1 N–H and O–H groups in total. The van der Waals surface area contributed by atoms with Crippen molar-refractivity contribution in [2.24, 2.45) is 0 Å². The van der Waals surface area contributed by atoms with E-state index in [1.807, 2.05) is 32.0 Å². The zero-order chi connectivity index (χ0) is 15.5. The van der Waals surface area contributed by atoms with Crippen molar-refractivity contribution >= 4 is 5.69 Å². The summed E-state index contributed by atoms with van der Waals surface area (Å²) in [6.45, 7) is 5.31. The first-order valence-electron chi connectivity index (χ1n) is 8.07. The van der Waals surface area contributed by atoms with Crippen LogP contribution in [-0.4, -0.2) is 32.5 Å². The number of hydrogen-bond donors (Lipinski definition) is 1. The van der Waals surface area contributed by atoms with E-state index >= 15 is 0 Å². The van der Waals surface area contributed by atoms with Crippen LogP contribution in [0.5, 0.6) is 0 Å². The van der Waals surface area contributed by atoms with E-state index in [0.717, 1.165) is 23.8 Å². The van der Waals surface area contributed by atoms with Gasteiger partial charge in [0.2, 0.25) is 0 Å². The summed E-state index contributed by atoms with van der Waals surface area (Å²) >= 11 is 0. The minimum atomic E-state index is -0.335. The average molecular weight is 300 g/mol. The van der Waals surface area contributed by atoms with Crippen molar-refractivity contribution in [3.05, 3.63) is 42.0 Å². The lowest BCUT2D eigenvalue weighted by molar-refractivity contribution is 0.175. The van der Waals surface area contributed by atoms with E-state index in [-0.39, 0.29) is 6.10 Å². The Morgan fingerprint density at radius 2 is 2.00 bits per heavy atom. The highest BCUT2D eigenvalue weighted by Crippen LogP contribution is 2.36. The molecule has 1 aromatic carbocycles. The number of benzene rings is 1. The number of rotatable bonds is 7. The average Bonchev–Trinajstić information content (AvgIpc) is 3.31. The first-order chi connectivity index (χ1) is 10.7. The van der Waals surface area contributed by atoms with Crippen LogP contribution >= 0.6 is 0 Å². The molecule has 2 aromatic rings. The molecule has 0 bridgehead atoms. The van der Waals surface area contributed by atoms with Gasteiger partial charge in [0.05, 0.1) is 12.6 Å². The summed E-state index contributed by atoms with van der Waals surface area (Å²) in [7, 11) is 0. The van der Waals surface area contributed by atoms with E-state index in [1.54, 1.807) is 0 Å². The van der Waals surface area contributed by atoms with Crippen molar-refractivity contribution in [3.8, 4) is 0 Å². The molecule has 1 unspecified atom stereocenters. The van der Waals surface area contributed by atoms with Gasteiger partial charge in [0.25, 0.3) is 0 Å². The van der Waals surface area contributed by atoms with Crippen LogP contribution in [0.25, 0.3) is 0 Å². The molecule has 5 nitrogen and oxygen atoms in total. The van der Waals surface area contributed by atoms with Gasteiger partial charge < -0.3 is 14.6 Å². The number of anilines is 1. The Bertz CT molecular complexity index is 606. The molecule has 118 valence electrons. The Balaban J connectivity index is 1.83. The first-order valence-corrected chi connectivity index (χ1v) is 8.07. The van der Waals surface area contributed by atoms with E-state index in [9.17, 15) is 5.11 Å². The zero-order valence-corrected chi connectivity index (χ0v) is 13.3. The fourth-order valence-electron chi connectivity index (χ4n) is 2.78. The third-order valence-corrected chi connectivity index (χ3v) is 4.20. The molecule has 1 fully saturated rings. The second-order valence-corrected chi connectivity index (χ2v) is 6.04. The summed E-state index contributed by atoms with van der Waals surface area (Å²) < 4.78 is 2.26. The lowest BCUT2D eigenvalue weighted by Crippen LogP contribution is -2.32. The molecule has 1 heterocycles. The van der Waals surface area contributed by atoms with Gasteiger partial charge in [-0.15, -0.1) is 10.2 Å². The third kappa shape index (κ3) is 3.30. The maximum absolute atomic E-state index is 10.1. The highest BCUT2D eigenvalue weighted by Gasteiger charge is 2.29. The molecule has 1 atom stereocenters. The van der Waals surface area contributed by atoms with Gasteiger partial charge in [-0.2, -0.15) is 0 Å². The monoisotopic (exact) mass is 300 g/mol. The normalized spacial score (nSPS) is 15.8. The Morgan fingerprint density at radius 1 is 1.27 bits per heavy atom. The molecular formula is C17H24N4O. The Kier molecular flexibility index (Phi) is 4.43. The van der Waals surface area contributed by atoms with Crippen LogP contribution in [0.1, 0.15) is 43.9 Å². The fraction of sp³-hybridized carbons (Fsp3) is 0.529. The Labute approximate surface area is 131 Å². The van der Waals surface area contributed by atoms with Gasteiger partial charge in [0, 0.05) is 18.3 Å². The summed E-state index contributed by atoms with van der Waals surface area (Å²) in [6, 6.07) is 10.8. The van der Waals surface area contributed by atoms with Crippen LogP contribution in [0.15, 0.2) is 30.3 Å². The van der Waals surface area contributed by atoms with Crippen molar-refractivity contribution < 1.29 is 5.11 Å². The largest absolute Gasteiger partial charge is 0.391 e. The quantitative estimate of drug-likeness (QED) is 0.854. The molecule has 1 aromatic heterocycles. The van der Waals surface area contributed by atoms with E-state index in [0.29, 0.717) is 19.1 Å². The minimum absolute atomic E-state index is 0.335. The molecule has 1 saturated carbocycles. The minimum Gasteiger partial charge on any atom is -0.391 e. The number of aliphatic hydroxyl groups excluding tert-OH is 1. The highest BCUT2D eigenvalue weighted by molar-refractivity contribution is 5.46. The lowest BCUT2D eigenvalue weighted by atomic mass is 10.2. The lowest BCUT2D eigenvalue weighted by Gasteiger charge is -2.27. The van der Waals surface area contributed by atoms with Crippen molar-refractivity contribution in [2.75, 3.05) is 11.4 Å². The number of aliphatic hydroxyl groups is 1. The van der Waals surface area contributed by atoms with Gasteiger partial charge >= 0.3 is 0 Å². The number of nitrogens with zero attached hydrogens (tertiary/aromatic N) is 4. The molecule has 5 heteroatoms. The maximum atomic E-state index is 10.1. The van der Waals surface area contributed by atoms with Crippen LogP contribution in [0.4, 0.5) is 5.69 Å². The third-order valence-electron chi connectivity index (χ3n) is 4.20. The second-order valence-electron chi connectivity index (χ2n) is 6.04. The summed E-state index contributed by atoms with van der Waals surface area (Å²) in [4.78, 5) is 2.19. The van der Waals surface area contributed by atoms with E-state index in [4.69, 9.17) is 0 Å². The molecular weight excluding hydrogens is 276 g/mol. The molecule has 22 heavy (non-hydrogen) atoms. The second kappa shape index (κ2) is 6.48.